The molecule has 1 N–H and O–H groups in total. The maximum Gasteiger partial charge on any atom is 0.293 e. The molecular weight excluding hydrogens is 360 g/mol. The highest BCUT2D eigenvalue weighted by Gasteiger charge is 2.22. The molecule has 150 valence electrons. The van der Waals surface area contributed by atoms with Gasteiger partial charge < -0.3 is 24.3 Å². The predicted molar refractivity (Wildman–Crippen MR) is 106 cm³/mol. The van der Waals surface area contributed by atoms with Gasteiger partial charge >= 0.3 is 0 Å². The summed E-state index contributed by atoms with van der Waals surface area (Å²) < 4.78 is 12.0. The molecule has 0 spiro atoms. The lowest BCUT2D eigenvalue weighted by atomic mass is 10.2. The van der Waals surface area contributed by atoms with Crippen molar-refractivity contribution in [1.29, 1.82) is 0 Å². The molecule has 8 nitrogen and oxygen atoms in total. The zero-order valence-corrected chi connectivity index (χ0v) is 16.3. The Bertz CT molecular complexity index is 863. The fourth-order valence-electron chi connectivity index (χ4n) is 3.17. The highest BCUT2D eigenvalue weighted by atomic mass is 16.5. The number of ether oxygens (including phenoxy) is 2. The molecule has 1 aliphatic rings. The van der Waals surface area contributed by atoms with Crippen molar-refractivity contribution in [2.45, 2.75) is 19.4 Å². The van der Waals surface area contributed by atoms with Crippen molar-refractivity contribution < 1.29 is 14.3 Å². The van der Waals surface area contributed by atoms with E-state index < -0.39 is 0 Å². The Hall–Kier alpha value is -2.87. The first-order valence-corrected chi connectivity index (χ1v) is 9.34. The maximum atomic E-state index is 13.1. The van der Waals surface area contributed by atoms with Crippen LogP contribution in [0.25, 0.3) is 0 Å². The number of nitrogens with one attached hydrogen (secondary N) is 1. The summed E-state index contributed by atoms with van der Waals surface area (Å²) in [5, 5.41) is 2.78. The first-order chi connectivity index (χ1) is 13.6. The van der Waals surface area contributed by atoms with Crippen LogP contribution in [0.3, 0.4) is 0 Å². The Labute approximate surface area is 164 Å². The number of rotatable bonds is 8. The summed E-state index contributed by atoms with van der Waals surface area (Å²) in [7, 11) is 3.28. The molecule has 1 aromatic carbocycles. The van der Waals surface area contributed by atoms with Gasteiger partial charge in [-0.15, -0.1) is 0 Å². The summed E-state index contributed by atoms with van der Waals surface area (Å²) in [6, 6.07) is 7.61. The lowest BCUT2D eigenvalue weighted by Gasteiger charge is -2.27. The Kier molecular flexibility index (Phi) is 6.65. The zero-order valence-electron chi connectivity index (χ0n) is 16.3. The first kappa shape index (κ1) is 19.9. The molecule has 1 saturated heterocycles. The number of hydrogen-bond acceptors (Lipinski definition) is 6. The Balaban J connectivity index is 1.91. The minimum absolute atomic E-state index is 0.0982. The van der Waals surface area contributed by atoms with Gasteiger partial charge in [-0.25, -0.2) is 4.98 Å². The molecule has 0 aliphatic carbocycles. The molecule has 0 saturated carbocycles. The van der Waals surface area contributed by atoms with Crippen molar-refractivity contribution >= 4 is 11.7 Å². The second-order valence-corrected chi connectivity index (χ2v) is 6.70. The minimum atomic E-state index is -0.194. The molecule has 2 heterocycles. The van der Waals surface area contributed by atoms with Crippen LogP contribution in [0, 0.1) is 0 Å². The van der Waals surface area contributed by atoms with E-state index in [0.29, 0.717) is 38.5 Å². The van der Waals surface area contributed by atoms with Crippen LogP contribution in [0.1, 0.15) is 17.7 Å². The number of nitrogens with zero attached hydrogens (tertiary/aromatic N) is 3. The predicted octanol–water partition coefficient (Wildman–Crippen LogP) is 0.815. The molecule has 1 aliphatic heterocycles. The van der Waals surface area contributed by atoms with Crippen LogP contribution in [0.15, 0.2) is 35.3 Å². The van der Waals surface area contributed by atoms with Gasteiger partial charge in [0.1, 0.15) is 5.75 Å². The lowest BCUT2D eigenvalue weighted by Crippen LogP contribution is -2.50. The van der Waals surface area contributed by atoms with Crippen molar-refractivity contribution in [3.05, 3.63) is 52.1 Å². The summed E-state index contributed by atoms with van der Waals surface area (Å²) in [5.74, 6) is 1.00. The van der Waals surface area contributed by atoms with Gasteiger partial charge in [0.05, 0.1) is 25.9 Å². The van der Waals surface area contributed by atoms with Gasteiger partial charge in [-0.3, -0.25) is 9.59 Å². The Morgan fingerprint density at radius 2 is 1.96 bits per heavy atom. The van der Waals surface area contributed by atoms with E-state index in [1.54, 1.807) is 29.9 Å². The number of amides is 1. The molecule has 1 amide bonds. The third kappa shape index (κ3) is 4.89. The number of piperazine rings is 1. The second kappa shape index (κ2) is 9.36. The third-order valence-corrected chi connectivity index (χ3v) is 4.64. The summed E-state index contributed by atoms with van der Waals surface area (Å²) >= 11 is 0. The zero-order chi connectivity index (χ0) is 19.9. The molecule has 0 radical (unpaired) electrons. The van der Waals surface area contributed by atoms with E-state index in [1.807, 2.05) is 24.3 Å². The number of methoxy groups -OCH3 is 2. The molecule has 1 aromatic heterocycles. The van der Waals surface area contributed by atoms with Gasteiger partial charge in [-0.05, 0) is 30.5 Å². The highest BCUT2D eigenvalue weighted by Crippen LogP contribution is 2.14. The van der Waals surface area contributed by atoms with Gasteiger partial charge in [-0.2, -0.15) is 0 Å². The van der Waals surface area contributed by atoms with Crippen molar-refractivity contribution in [3.8, 4) is 5.75 Å². The largest absolute Gasteiger partial charge is 0.497 e. The SMILES string of the molecule is COCCCc1cn(Cc2ccc(OC)cc2)c(=O)c(N2CCNC(=O)C2)n1. The summed E-state index contributed by atoms with van der Waals surface area (Å²) in [4.78, 5) is 31.2. The van der Waals surface area contributed by atoms with E-state index in [-0.39, 0.29) is 18.0 Å². The van der Waals surface area contributed by atoms with Crippen molar-refractivity contribution in [2.24, 2.45) is 0 Å². The maximum absolute atomic E-state index is 13.1. The van der Waals surface area contributed by atoms with E-state index in [1.165, 1.54) is 0 Å². The fourth-order valence-corrected chi connectivity index (χ4v) is 3.17. The number of carbonyl (C=O) groups is 1. The number of aromatic nitrogens is 2. The number of carbonyl (C=O) groups excluding carboxylic acids is 1. The minimum Gasteiger partial charge on any atom is -0.497 e. The van der Waals surface area contributed by atoms with Gasteiger partial charge in [0.15, 0.2) is 5.82 Å². The molecule has 3 rings (SSSR count). The summed E-state index contributed by atoms with van der Waals surface area (Å²) in [6.07, 6.45) is 3.31. The van der Waals surface area contributed by atoms with E-state index >= 15 is 0 Å². The van der Waals surface area contributed by atoms with Crippen LogP contribution in [-0.2, 0) is 22.5 Å². The van der Waals surface area contributed by atoms with Crippen LogP contribution in [0.2, 0.25) is 0 Å². The second-order valence-electron chi connectivity index (χ2n) is 6.70. The quantitative estimate of drug-likeness (QED) is 0.676. The van der Waals surface area contributed by atoms with E-state index in [2.05, 4.69) is 10.3 Å². The van der Waals surface area contributed by atoms with Crippen molar-refractivity contribution in [2.75, 3.05) is 45.4 Å². The first-order valence-electron chi connectivity index (χ1n) is 9.34. The molecule has 1 fully saturated rings. The number of aryl methyl sites for hydroxylation is 1. The van der Waals surface area contributed by atoms with Gasteiger partial charge in [0, 0.05) is 33.0 Å². The smallest absolute Gasteiger partial charge is 0.293 e. The van der Waals surface area contributed by atoms with E-state index in [4.69, 9.17) is 9.47 Å². The van der Waals surface area contributed by atoms with Gasteiger partial charge in [0.2, 0.25) is 5.91 Å². The van der Waals surface area contributed by atoms with Crippen LogP contribution in [-0.4, -0.2) is 55.9 Å². The van der Waals surface area contributed by atoms with Crippen LogP contribution in [0.4, 0.5) is 5.82 Å². The summed E-state index contributed by atoms with van der Waals surface area (Å²) in [6.45, 7) is 2.27. The number of benzene rings is 1. The monoisotopic (exact) mass is 386 g/mol. The number of anilines is 1. The van der Waals surface area contributed by atoms with Crippen LogP contribution < -0.4 is 20.5 Å². The van der Waals surface area contributed by atoms with Crippen molar-refractivity contribution in [1.82, 2.24) is 14.9 Å². The number of hydrogen-bond donors (Lipinski definition) is 1. The normalized spacial score (nSPS) is 14.1. The third-order valence-electron chi connectivity index (χ3n) is 4.64. The van der Waals surface area contributed by atoms with Gasteiger partial charge in [0.25, 0.3) is 5.56 Å². The topological polar surface area (TPSA) is 85.7 Å². The van der Waals surface area contributed by atoms with Crippen molar-refractivity contribution in [3.63, 3.8) is 0 Å². The molecular formula is C20H26N4O4. The van der Waals surface area contributed by atoms with Gasteiger partial charge in [-0.1, -0.05) is 12.1 Å². The average molecular weight is 386 g/mol. The van der Waals surface area contributed by atoms with Crippen LogP contribution in [0.5, 0.6) is 5.75 Å². The molecule has 0 unspecified atom stereocenters. The van der Waals surface area contributed by atoms with Crippen LogP contribution >= 0.6 is 0 Å². The molecule has 8 heteroatoms. The lowest BCUT2D eigenvalue weighted by molar-refractivity contribution is -0.120. The highest BCUT2D eigenvalue weighted by molar-refractivity contribution is 5.82. The van der Waals surface area contributed by atoms with E-state index in [9.17, 15) is 9.59 Å². The summed E-state index contributed by atoms with van der Waals surface area (Å²) in [5.41, 5.74) is 1.60. The van der Waals surface area contributed by atoms with E-state index in [0.717, 1.165) is 23.4 Å². The molecule has 0 bridgehead atoms. The molecule has 28 heavy (non-hydrogen) atoms. The Morgan fingerprint density at radius 1 is 1.18 bits per heavy atom. The Morgan fingerprint density at radius 3 is 2.64 bits per heavy atom. The fraction of sp³-hybridized carbons (Fsp3) is 0.450. The molecule has 2 aromatic rings. The standard InChI is InChI=1S/C20H26N4O4/c1-27-11-3-4-16-13-24(12-15-5-7-17(28-2)8-6-15)20(26)19(22-16)23-10-9-21-18(25)14-23/h5-8,13H,3-4,9-12,14H2,1-2H3,(H,21,25). The average Bonchev–Trinajstić information content (AvgIpc) is 2.71. The molecule has 0 atom stereocenters.